The van der Waals surface area contributed by atoms with E-state index in [1.807, 2.05) is 28.0 Å². The summed E-state index contributed by atoms with van der Waals surface area (Å²) in [5, 5.41) is 8.94. The maximum atomic E-state index is 12.0. The van der Waals surface area contributed by atoms with E-state index >= 15 is 0 Å². The van der Waals surface area contributed by atoms with Crippen LogP contribution in [0.4, 0.5) is 0 Å². The average molecular weight is 302 g/mol. The van der Waals surface area contributed by atoms with Crippen molar-refractivity contribution >= 4 is 11.8 Å². The maximum absolute atomic E-state index is 12.0. The van der Waals surface area contributed by atoms with Gasteiger partial charge in [0.25, 0.3) is 0 Å². The Hall–Kier alpha value is -1.88. The van der Waals surface area contributed by atoms with Crippen LogP contribution in [0, 0.1) is 11.8 Å². The Kier molecular flexibility index (Phi) is 4.16. The lowest BCUT2D eigenvalue weighted by molar-refractivity contribution is -0.132. The number of carbonyl (C=O) groups excluding carboxylic acids is 2. The number of nitrogens with zero attached hydrogens (tertiary/aromatic N) is 2. The van der Waals surface area contributed by atoms with E-state index in [0.717, 1.165) is 5.56 Å². The Bertz CT molecular complexity index is 560. The zero-order valence-corrected chi connectivity index (χ0v) is 12.8. The lowest BCUT2D eigenvalue weighted by atomic mass is 9.89. The van der Waals surface area contributed by atoms with Crippen molar-refractivity contribution in [3.8, 4) is 0 Å². The lowest BCUT2D eigenvalue weighted by Crippen LogP contribution is -2.36. The first-order valence-corrected chi connectivity index (χ1v) is 7.82. The minimum Gasteiger partial charge on any atom is -0.396 e. The average Bonchev–Trinajstić information content (AvgIpc) is 3.05. The molecule has 0 spiro atoms. The highest BCUT2D eigenvalue weighted by Gasteiger charge is 2.49. The minimum atomic E-state index is -0.105. The first kappa shape index (κ1) is 15.0. The van der Waals surface area contributed by atoms with Gasteiger partial charge < -0.3 is 14.9 Å². The molecular formula is C17H22N2O3. The van der Waals surface area contributed by atoms with Crippen LogP contribution in [0.25, 0.3) is 0 Å². The van der Waals surface area contributed by atoms with Gasteiger partial charge in [-0.25, -0.2) is 0 Å². The number of aliphatic hydroxyl groups is 1. The first-order chi connectivity index (χ1) is 10.6. The van der Waals surface area contributed by atoms with Crippen molar-refractivity contribution in [2.45, 2.75) is 19.4 Å². The molecular weight excluding hydrogens is 280 g/mol. The Labute approximate surface area is 130 Å². The van der Waals surface area contributed by atoms with Gasteiger partial charge in [0.2, 0.25) is 11.8 Å². The summed E-state index contributed by atoms with van der Waals surface area (Å²) in [5.41, 5.74) is 1.14. The summed E-state index contributed by atoms with van der Waals surface area (Å²) in [7, 11) is 0. The largest absolute Gasteiger partial charge is 0.396 e. The molecule has 2 amide bonds. The van der Waals surface area contributed by atoms with Crippen molar-refractivity contribution < 1.29 is 14.7 Å². The fourth-order valence-electron chi connectivity index (χ4n) is 3.90. The molecule has 2 fully saturated rings. The predicted octanol–water partition coefficient (Wildman–Crippen LogP) is 1.05. The first-order valence-electron chi connectivity index (χ1n) is 7.82. The molecule has 2 aliphatic heterocycles. The fraction of sp³-hybridized carbons (Fsp3) is 0.529. The van der Waals surface area contributed by atoms with Gasteiger partial charge in [-0.15, -0.1) is 0 Å². The smallest absolute Gasteiger partial charge is 0.224 e. The van der Waals surface area contributed by atoms with E-state index in [2.05, 4.69) is 12.1 Å². The quantitative estimate of drug-likeness (QED) is 0.908. The molecule has 0 bridgehead atoms. The highest BCUT2D eigenvalue weighted by Crippen LogP contribution is 2.44. The van der Waals surface area contributed by atoms with Crippen molar-refractivity contribution in [2.75, 3.05) is 26.2 Å². The summed E-state index contributed by atoms with van der Waals surface area (Å²) >= 11 is 0. The van der Waals surface area contributed by atoms with E-state index in [1.54, 1.807) is 6.92 Å². The summed E-state index contributed by atoms with van der Waals surface area (Å²) in [5.74, 6) is 0.722. The molecule has 3 atom stereocenters. The molecule has 5 nitrogen and oxygen atoms in total. The van der Waals surface area contributed by atoms with Crippen LogP contribution in [0.1, 0.15) is 24.9 Å². The Morgan fingerprint density at radius 3 is 2.55 bits per heavy atom. The van der Waals surface area contributed by atoms with E-state index in [-0.39, 0.29) is 36.8 Å². The summed E-state index contributed by atoms with van der Waals surface area (Å²) in [6, 6.07) is 10.1. The molecule has 0 saturated carbocycles. The third-order valence-corrected chi connectivity index (χ3v) is 4.89. The maximum Gasteiger partial charge on any atom is 0.224 e. The molecule has 3 rings (SSSR count). The molecule has 2 heterocycles. The fourth-order valence-corrected chi connectivity index (χ4v) is 3.90. The van der Waals surface area contributed by atoms with Gasteiger partial charge in [0.1, 0.15) is 0 Å². The Balaban J connectivity index is 1.83. The zero-order chi connectivity index (χ0) is 15.7. The van der Waals surface area contributed by atoms with Crippen LogP contribution in [0.5, 0.6) is 0 Å². The van der Waals surface area contributed by atoms with Crippen LogP contribution in [0.3, 0.4) is 0 Å². The van der Waals surface area contributed by atoms with Crippen LogP contribution < -0.4 is 0 Å². The van der Waals surface area contributed by atoms with Crippen molar-refractivity contribution in [2.24, 2.45) is 11.8 Å². The molecule has 0 aliphatic carbocycles. The third kappa shape index (κ3) is 2.61. The van der Waals surface area contributed by atoms with Crippen LogP contribution in [0.15, 0.2) is 30.3 Å². The molecule has 0 aromatic heterocycles. The van der Waals surface area contributed by atoms with Gasteiger partial charge in [-0.3, -0.25) is 9.59 Å². The number of fused-ring (bicyclic) bond motifs is 1. The molecule has 1 aromatic rings. The van der Waals surface area contributed by atoms with Crippen LogP contribution in [-0.4, -0.2) is 53.0 Å². The summed E-state index contributed by atoms with van der Waals surface area (Å²) in [6.07, 6.45) is 0.186. The molecule has 0 radical (unpaired) electrons. The number of benzene rings is 1. The monoisotopic (exact) mass is 302 g/mol. The number of rotatable bonds is 3. The molecule has 2 aliphatic rings. The minimum absolute atomic E-state index is 0.0121. The standard InChI is InChI=1S/C17H22N2O3/c1-12(21)19-10-14-9-18(16(22)7-8-20)11-15(14)17(19)13-5-3-2-4-6-13/h2-6,14-15,17,20H,7-11H2,1H3/t14-,15-,17-/m1/s1. The van der Waals surface area contributed by atoms with Gasteiger partial charge in [0, 0.05) is 44.8 Å². The lowest BCUT2D eigenvalue weighted by Gasteiger charge is -2.29. The molecule has 0 unspecified atom stereocenters. The molecule has 118 valence electrons. The van der Waals surface area contributed by atoms with Gasteiger partial charge >= 0.3 is 0 Å². The Morgan fingerprint density at radius 1 is 1.18 bits per heavy atom. The second-order valence-corrected chi connectivity index (χ2v) is 6.22. The van der Waals surface area contributed by atoms with E-state index in [0.29, 0.717) is 25.6 Å². The van der Waals surface area contributed by atoms with Gasteiger partial charge in [-0.1, -0.05) is 30.3 Å². The molecule has 22 heavy (non-hydrogen) atoms. The summed E-state index contributed by atoms with van der Waals surface area (Å²) in [4.78, 5) is 27.8. The van der Waals surface area contributed by atoms with Crippen LogP contribution in [0.2, 0.25) is 0 Å². The van der Waals surface area contributed by atoms with Crippen LogP contribution >= 0.6 is 0 Å². The molecule has 1 aromatic carbocycles. The van der Waals surface area contributed by atoms with Crippen molar-refractivity contribution in [1.82, 2.24) is 9.80 Å². The van der Waals surface area contributed by atoms with Gasteiger partial charge in [-0.05, 0) is 5.56 Å². The molecule has 2 saturated heterocycles. The topological polar surface area (TPSA) is 60.9 Å². The van der Waals surface area contributed by atoms with E-state index in [9.17, 15) is 9.59 Å². The van der Waals surface area contributed by atoms with Gasteiger partial charge in [-0.2, -0.15) is 0 Å². The Morgan fingerprint density at radius 2 is 1.91 bits per heavy atom. The predicted molar refractivity (Wildman–Crippen MR) is 81.8 cm³/mol. The highest BCUT2D eigenvalue weighted by molar-refractivity contribution is 5.77. The normalized spacial score (nSPS) is 27.1. The van der Waals surface area contributed by atoms with Crippen molar-refractivity contribution in [3.05, 3.63) is 35.9 Å². The number of likely N-dealkylation sites (tertiary alicyclic amines) is 2. The highest BCUT2D eigenvalue weighted by atomic mass is 16.3. The van der Waals surface area contributed by atoms with E-state index < -0.39 is 0 Å². The van der Waals surface area contributed by atoms with Gasteiger partial charge in [0.05, 0.1) is 12.6 Å². The number of amides is 2. The summed E-state index contributed by atoms with van der Waals surface area (Å²) in [6.45, 7) is 3.59. The summed E-state index contributed by atoms with van der Waals surface area (Å²) < 4.78 is 0. The van der Waals surface area contributed by atoms with Crippen molar-refractivity contribution in [1.29, 1.82) is 0 Å². The van der Waals surface area contributed by atoms with E-state index in [4.69, 9.17) is 5.11 Å². The SMILES string of the molecule is CC(=O)N1C[C@H]2CN(C(=O)CCO)C[C@H]2[C@H]1c1ccccc1. The number of aliphatic hydroxyl groups excluding tert-OH is 1. The second kappa shape index (κ2) is 6.08. The molecule has 1 N–H and O–H groups in total. The zero-order valence-electron chi connectivity index (χ0n) is 12.8. The number of hydrogen-bond donors (Lipinski definition) is 1. The van der Waals surface area contributed by atoms with Crippen LogP contribution in [-0.2, 0) is 9.59 Å². The third-order valence-electron chi connectivity index (χ3n) is 4.89. The second-order valence-electron chi connectivity index (χ2n) is 6.22. The number of hydrogen-bond acceptors (Lipinski definition) is 3. The number of carbonyl (C=O) groups is 2. The van der Waals surface area contributed by atoms with Crippen molar-refractivity contribution in [3.63, 3.8) is 0 Å². The molecule has 5 heteroatoms. The van der Waals surface area contributed by atoms with E-state index in [1.165, 1.54) is 0 Å². The van der Waals surface area contributed by atoms with Gasteiger partial charge in [0.15, 0.2) is 0 Å².